The number of aromatic nitrogens is 1. The van der Waals surface area contributed by atoms with Crippen LogP contribution in [0.25, 0.3) is 0 Å². The van der Waals surface area contributed by atoms with Gasteiger partial charge in [0.1, 0.15) is 0 Å². The van der Waals surface area contributed by atoms with Crippen LogP contribution in [0.2, 0.25) is 0 Å². The van der Waals surface area contributed by atoms with Gasteiger partial charge in [-0.3, -0.25) is 9.71 Å². The average molecular weight is 301 g/mol. The Hall–Kier alpha value is -2.36. The molecule has 0 atom stereocenters. The van der Waals surface area contributed by atoms with Crippen LogP contribution in [0.15, 0.2) is 47.6 Å². The van der Waals surface area contributed by atoms with Crippen molar-refractivity contribution in [1.82, 2.24) is 4.98 Å². The van der Waals surface area contributed by atoms with E-state index in [1.165, 1.54) is 18.3 Å². The molecule has 0 fully saturated rings. The summed E-state index contributed by atoms with van der Waals surface area (Å²) in [5.41, 5.74) is 7.21. The van der Waals surface area contributed by atoms with E-state index in [2.05, 4.69) is 21.5 Å². The first-order valence-electron chi connectivity index (χ1n) is 6.25. The van der Waals surface area contributed by atoms with Crippen molar-refractivity contribution in [2.45, 2.75) is 11.8 Å². The Bertz CT molecular complexity index is 805. The van der Waals surface area contributed by atoms with Gasteiger partial charge in [0.05, 0.1) is 23.3 Å². The van der Waals surface area contributed by atoms with Gasteiger partial charge in [0.15, 0.2) is 0 Å². The molecule has 0 unspecified atom stereocenters. The maximum absolute atomic E-state index is 12.3. The van der Waals surface area contributed by atoms with Crippen molar-refractivity contribution in [3.63, 3.8) is 0 Å². The van der Waals surface area contributed by atoms with Crippen LogP contribution in [0, 0.1) is 18.8 Å². The number of rotatable bonds is 3. The molecule has 2 aromatic rings. The number of nitrogens with two attached hydrogens (primary N) is 1. The summed E-state index contributed by atoms with van der Waals surface area (Å²) in [6.07, 6.45) is 3.11. The summed E-state index contributed by atoms with van der Waals surface area (Å²) >= 11 is 0. The fourth-order valence-electron chi connectivity index (χ4n) is 1.72. The van der Waals surface area contributed by atoms with Crippen molar-refractivity contribution in [3.8, 4) is 11.8 Å². The second-order valence-corrected chi connectivity index (χ2v) is 6.07. The molecule has 1 heterocycles. The lowest BCUT2D eigenvalue weighted by molar-refractivity contribution is 0.601. The summed E-state index contributed by atoms with van der Waals surface area (Å²) in [6, 6.07) is 8.11. The van der Waals surface area contributed by atoms with Crippen LogP contribution in [0.1, 0.15) is 11.1 Å². The van der Waals surface area contributed by atoms with Crippen LogP contribution in [0.3, 0.4) is 0 Å². The standard InChI is InChI=1S/C15H15N3O2S/c1-12-8-14(11-17-10-12)18-21(19,20)15-6-2-4-13(9-15)5-3-7-16/h2,4,6,8-11,18H,7,16H2,1H3. The Balaban J connectivity index is 2.31. The van der Waals surface area contributed by atoms with Crippen LogP contribution in [0.5, 0.6) is 0 Å². The van der Waals surface area contributed by atoms with E-state index in [9.17, 15) is 8.42 Å². The minimum atomic E-state index is -3.67. The molecule has 5 nitrogen and oxygen atoms in total. The first-order valence-corrected chi connectivity index (χ1v) is 7.73. The summed E-state index contributed by atoms with van der Waals surface area (Å²) in [5, 5.41) is 0. The monoisotopic (exact) mass is 301 g/mol. The van der Waals surface area contributed by atoms with Crippen molar-refractivity contribution >= 4 is 15.7 Å². The third kappa shape index (κ3) is 4.05. The van der Waals surface area contributed by atoms with Gasteiger partial charge in [-0.15, -0.1) is 0 Å². The van der Waals surface area contributed by atoms with E-state index in [-0.39, 0.29) is 11.4 Å². The molecule has 108 valence electrons. The third-order valence-corrected chi connectivity index (χ3v) is 3.99. The van der Waals surface area contributed by atoms with Crippen LogP contribution >= 0.6 is 0 Å². The minimum absolute atomic E-state index is 0.146. The Morgan fingerprint density at radius 3 is 2.81 bits per heavy atom. The molecule has 0 aliphatic heterocycles. The van der Waals surface area contributed by atoms with Gasteiger partial charge in [0.25, 0.3) is 10.0 Å². The summed E-state index contributed by atoms with van der Waals surface area (Å²) < 4.78 is 27.1. The first kappa shape index (κ1) is 15.0. The van der Waals surface area contributed by atoms with Crippen LogP contribution < -0.4 is 10.5 Å². The number of hydrogen-bond donors (Lipinski definition) is 2. The molecule has 0 aliphatic carbocycles. The molecule has 2 rings (SSSR count). The molecule has 0 aliphatic rings. The number of aryl methyl sites for hydroxylation is 1. The van der Waals surface area contributed by atoms with Crippen molar-refractivity contribution < 1.29 is 8.42 Å². The van der Waals surface area contributed by atoms with Gasteiger partial charge >= 0.3 is 0 Å². The SMILES string of the molecule is Cc1cncc(NS(=O)(=O)c2cccc(C#CCN)c2)c1. The third-order valence-electron chi connectivity index (χ3n) is 2.61. The molecule has 0 saturated carbocycles. The summed E-state index contributed by atoms with van der Waals surface area (Å²) in [7, 11) is -3.67. The van der Waals surface area contributed by atoms with Gasteiger partial charge < -0.3 is 5.73 Å². The molecule has 3 N–H and O–H groups in total. The second kappa shape index (κ2) is 6.39. The lowest BCUT2D eigenvalue weighted by Crippen LogP contribution is -2.13. The quantitative estimate of drug-likeness (QED) is 0.841. The summed E-state index contributed by atoms with van der Waals surface area (Å²) in [5.74, 6) is 5.50. The smallest absolute Gasteiger partial charge is 0.261 e. The van der Waals surface area contributed by atoms with Gasteiger partial charge in [0.2, 0.25) is 0 Å². The molecule has 0 radical (unpaired) electrons. The van der Waals surface area contributed by atoms with Gasteiger partial charge in [-0.1, -0.05) is 17.9 Å². The minimum Gasteiger partial charge on any atom is -0.320 e. The number of pyridine rings is 1. The molecule has 6 heteroatoms. The lowest BCUT2D eigenvalue weighted by Gasteiger charge is -2.08. The fourth-order valence-corrected chi connectivity index (χ4v) is 2.80. The van der Waals surface area contributed by atoms with E-state index in [1.54, 1.807) is 24.4 Å². The molecular formula is C15H15N3O2S. The van der Waals surface area contributed by atoms with E-state index in [0.29, 0.717) is 11.3 Å². The van der Waals surface area contributed by atoms with E-state index >= 15 is 0 Å². The highest BCUT2D eigenvalue weighted by Crippen LogP contribution is 2.17. The molecule has 1 aromatic carbocycles. The van der Waals surface area contributed by atoms with Crippen LogP contribution in [-0.2, 0) is 10.0 Å². The molecule has 0 spiro atoms. The number of sulfonamides is 1. The topological polar surface area (TPSA) is 85.1 Å². The molecular weight excluding hydrogens is 286 g/mol. The van der Waals surface area contributed by atoms with Gasteiger partial charge in [-0.2, -0.15) is 0 Å². The molecule has 0 bridgehead atoms. The van der Waals surface area contributed by atoms with E-state index in [4.69, 9.17) is 5.73 Å². The zero-order valence-corrected chi connectivity index (χ0v) is 12.3. The van der Waals surface area contributed by atoms with Gasteiger partial charge in [0, 0.05) is 11.8 Å². The Kier molecular flexibility index (Phi) is 4.58. The van der Waals surface area contributed by atoms with E-state index in [1.807, 2.05) is 6.92 Å². The number of benzene rings is 1. The zero-order chi connectivity index (χ0) is 15.3. The van der Waals surface area contributed by atoms with E-state index < -0.39 is 10.0 Å². The molecule has 21 heavy (non-hydrogen) atoms. The van der Waals surface area contributed by atoms with Gasteiger partial charge in [-0.05, 0) is 36.8 Å². The maximum Gasteiger partial charge on any atom is 0.261 e. The summed E-state index contributed by atoms with van der Waals surface area (Å²) in [4.78, 5) is 4.10. The second-order valence-electron chi connectivity index (χ2n) is 4.39. The Morgan fingerprint density at radius 2 is 2.10 bits per heavy atom. The zero-order valence-electron chi connectivity index (χ0n) is 11.5. The predicted octanol–water partition coefficient (Wildman–Crippen LogP) is 1.50. The predicted molar refractivity (Wildman–Crippen MR) is 82.2 cm³/mol. The number of hydrogen-bond acceptors (Lipinski definition) is 4. The van der Waals surface area contributed by atoms with Crippen LogP contribution in [0.4, 0.5) is 5.69 Å². The van der Waals surface area contributed by atoms with Crippen molar-refractivity contribution in [3.05, 3.63) is 53.9 Å². The largest absolute Gasteiger partial charge is 0.320 e. The van der Waals surface area contributed by atoms with Crippen molar-refractivity contribution in [2.75, 3.05) is 11.3 Å². The lowest BCUT2D eigenvalue weighted by atomic mass is 10.2. The average Bonchev–Trinajstić information content (AvgIpc) is 2.45. The number of anilines is 1. The fraction of sp³-hybridized carbons (Fsp3) is 0.133. The maximum atomic E-state index is 12.3. The number of nitrogens with one attached hydrogen (secondary N) is 1. The van der Waals surface area contributed by atoms with Crippen molar-refractivity contribution in [1.29, 1.82) is 0 Å². The Labute approximate surface area is 124 Å². The van der Waals surface area contributed by atoms with Crippen LogP contribution in [-0.4, -0.2) is 19.9 Å². The Morgan fingerprint density at radius 1 is 1.29 bits per heavy atom. The molecule has 0 saturated heterocycles. The van der Waals surface area contributed by atoms with Crippen molar-refractivity contribution in [2.24, 2.45) is 5.73 Å². The number of nitrogens with zero attached hydrogens (tertiary/aromatic N) is 1. The molecule has 0 amide bonds. The normalized spacial score (nSPS) is 10.6. The highest BCUT2D eigenvalue weighted by atomic mass is 32.2. The van der Waals surface area contributed by atoms with E-state index in [0.717, 1.165) is 5.56 Å². The summed E-state index contributed by atoms with van der Waals surface area (Å²) in [6.45, 7) is 2.07. The molecule has 1 aromatic heterocycles. The highest BCUT2D eigenvalue weighted by molar-refractivity contribution is 7.92. The van der Waals surface area contributed by atoms with Gasteiger partial charge in [-0.25, -0.2) is 8.42 Å². The first-order chi connectivity index (χ1) is 10.0. The highest BCUT2D eigenvalue weighted by Gasteiger charge is 2.14.